The second-order valence-electron chi connectivity index (χ2n) is 8.71. The third kappa shape index (κ3) is 8.18. The number of carbonyl (C=O) groups excluding carboxylic acids is 2. The first-order chi connectivity index (χ1) is 20.1. The zero-order valence-corrected chi connectivity index (χ0v) is 24.8. The van der Waals surface area contributed by atoms with E-state index in [0.717, 1.165) is 8.95 Å². The summed E-state index contributed by atoms with van der Waals surface area (Å²) in [6.07, 6.45) is 0. The van der Waals surface area contributed by atoms with Crippen molar-refractivity contribution in [3.05, 3.63) is 105 Å². The second-order valence-corrected chi connectivity index (χ2v) is 10.5. The third-order valence-corrected chi connectivity index (χ3v) is 6.81. The van der Waals surface area contributed by atoms with Gasteiger partial charge in [-0.25, -0.2) is 9.59 Å². The van der Waals surface area contributed by atoms with Crippen molar-refractivity contribution < 1.29 is 38.9 Å². The molecule has 0 aromatic heterocycles. The number of halogens is 2. The molecule has 0 saturated heterocycles. The van der Waals surface area contributed by atoms with Crippen LogP contribution in [0.15, 0.2) is 93.9 Å². The molecule has 0 fully saturated rings. The van der Waals surface area contributed by atoms with Gasteiger partial charge < -0.3 is 30.3 Å². The standard InChI is InChI=1S/C30H22Br2N2O8/c31-19-3-7-21(8-4-19)41-15-27(35)33-25-11-1-17(13-23(25)29(37)38)18-2-12-26(24(14-18)30(39)40)34-28(36)16-42-22-9-5-20(32)6-10-22/h1-14H,15-16H2,(H,33,35)(H,34,36)(H,37,38)(H,39,40). The van der Waals surface area contributed by atoms with Gasteiger partial charge >= 0.3 is 11.9 Å². The van der Waals surface area contributed by atoms with Gasteiger partial charge in [0.2, 0.25) is 0 Å². The van der Waals surface area contributed by atoms with Crippen LogP contribution in [0.1, 0.15) is 20.7 Å². The van der Waals surface area contributed by atoms with E-state index in [2.05, 4.69) is 42.5 Å². The average Bonchev–Trinajstić information content (AvgIpc) is 2.97. The number of carboxylic acid groups (broad SMARTS) is 2. The van der Waals surface area contributed by atoms with Crippen molar-refractivity contribution in [3.8, 4) is 22.6 Å². The Hall–Kier alpha value is -4.68. The lowest BCUT2D eigenvalue weighted by Gasteiger charge is -2.13. The molecule has 0 aliphatic rings. The lowest BCUT2D eigenvalue weighted by Crippen LogP contribution is -2.21. The van der Waals surface area contributed by atoms with Crippen LogP contribution in [0.3, 0.4) is 0 Å². The van der Waals surface area contributed by atoms with Crippen LogP contribution in [0, 0.1) is 0 Å². The van der Waals surface area contributed by atoms with Gasteiger partial charge in [-0.2, -0.15) is 0 Å². The predicted octanol–water partition coefficient (Wildman–Crippen LogP) is 6.31. The smallest absolute Gasteiger partial charge is 0.337 e. The van der Waals surface area contributed by atoms with Crippen LogP contribution in [-0.2, 0) is 9.59 Å². The number of hydrogen-bond acceptors (Lipinski definition) is 6. The van der Waals surface area contributed by atoms with Gasteiger partial charge in [0.05, 0.1) is 22.5 Å². The zero-order chi connectivity index (χ0) is 30.2. The average molecular weight is 698 g/mol. The minimum absolute atomic E-state index is 0.0452. The van der Waals surface area contributed by atoms with Gasteiger partial charge in [0, 0.05) is 8.95 Å². The SMILES string of the molecule is O=C(COc1ccc(Br)cc1)Nc1ccc(-c2ccc(NC(=O)COc3ccc(Br)cc3)c(C(=O)O)c2)cc1C(=O)O. The van der Waals surface area contributed by atoms with Crippen molar-refractivity contribution in [2.75, 3.05) is 23.8 Å². The third-order valence-electron chi connectivity index (χ3n) is 5.75. The number of aromatic carboxylic acids is 2. The first-order valence-corrected chi connectivity index (χ1v) is 13.8. The van der Waals surface area contributed by atoms with Gasteiger partial charge in [-0.15, -0.1) is 0 Å². The number of ether oxygens (including phenoxy) is 2. The lowest BCUT2D eigenvalue weighted by molar-refractivity contribution is -0.118. The molecular weight excluding hydrogens is 676 g/mol. The Bertz CT molecular complexity index is 1520. The minimum Gasteiger partial charge on any atom is -0.484 e. The molecule has 4 N–H and O–H groups in total. The highest BCUT2D eigenvalue weighted by atomic mass is 79.9. The quantitative estimate of drug-likeness (QED) is 0.142. The summed E-state index contributed by atoms with van der Waals surface area (Å²) in [6, 6.07) is 22.3. The molecule has 2 amide bonds. The Morgan fingerprint density at radius 2 is 0.929 bits per heavy atom. The van der Waals surface area contributed by atoms with Crippen molar-refractivity contribution in [1.29, 1.82) is 0 Å². The Kier molecular flexibility index (Phi) is 9.94. The fourth-order valence-electron chi connectivity index (χ4n) is 3.75. The molecule has 0 heterocycles. The highest BCUT2D eigenvalue weighted by Gasteiger charge is 2.18. The van der Waals surface area contributed by atoms with E-state index in [1.165, 1.54) is 24.3 Å². The summed E-state index contributed by atoms with van der Waals surface area (Å²) in [6.45, 7) is -0.683. The molecule has 10 nitrogen and oxygen atoms in total. The highest BCUT2D eigenvalue weighted by molar-refractivity contribution is 9.10. The molecule has 0 aliphatic carbocycles. The number of amides is 2. The number of nitrogens with one attached hydrogen (secondary N) is 2. The Morgan fingerprint density at radius 3 is 1.26 bits per heavy atom. The van der Waals surface area contributed by atoms with Crippen LogP contribution in [0.2, 0.25) is 0 Å². The Labute approximate surface area is 256 Å². The maximum Gasteiger partial charge on any atom is 0.337 e. The zero-order valence-electron chi connectivity index (χ0n) is 21.6. The molecule has 12 heteroatoms. The Morgan fingerprint density at radius 1 is 0.571 bits per heavy atom. The van der Waals surface area contributed by atoms with E-state index in [4.69, 9.17) is 9.47 Å². The van der Waals surface area contributed by atoms with E-state index in [0.29, 0.717) is 22.6 Å². The van der Waals surface area contributed by atoms with Gasteiger partial charge in [-0.1, -0.05) is 44.0 Å². The van der Waals surface area contributed by atoms with Crippen LogP contribution in [0.4, 0.5) is 11.4 Å². The van der Waals surface area contributed by atoms with Crippen molar-refractivity contribution in [1.82, 2.24) is 0 Å². The monoisotopic (exact) mass is 696 g/mol. The molecule has 0 saturated carbocycles. The molecule has 4 rings (SSSR count). The van der Waals surface area contributed by atoms with E-state index in [1.807, 2.05) is 0 Å². The van der Waals surface area contributed by atoms with Crippen LogP contribution in [0.5, 0.6) is 11.5 Å². The molecule has 0 spiro atoms. The van der Waals surface area contributed by atoms with Crippen LogP contribution in [0.25, 0.3) is 11.1 Å². The summed E-state index contributed by atoms with van der Waals surface area (Å²) in [5.74, 6) is -2.79. The summed E-state index contributed by atoms with van der Waals surface area (Å²) in [7, 11) is 0. The van der Waals surface area contributed by atoms with Gasteiger partial charge in [-0.05, 0) is 83.9 Å². The topological polar surface area (TPSA) is 151 Å². The highest BCUT2D eigenvalue weighted by Crippen LogP contribution is 2.29. The van der Waals surface area contributed by atoms with Crippen molar-refractivity contribution in [3.63, 3.8) is 0 Å². The lowest BCUT2D eigenvalue weighted by atomic mass is 9.99. The summed E-state index contributed by atoms with van der Waals surface area (Å²) >= 11 is 6.62. The molecule has 0 atom stereocenters. The maximum absolute atomic E-state index is 12.4. The molecule has 4 aromatic rings. The molecular formula is C30H22Br2N2O8. The summed E-state index contributed by atoms with van der Waals surface area (Å²) in [4.78, 5) is 48.8. The van der Waals surface area contributed by atoms with E-state index >= 15 is 0 Å². The molecule has 0 aliphatic heterocycles. The van der Waals surface area contributed by atoms with Gasteiger partial charge in [0.25, 0.3) is 11.8 Å². The largest absolute Gasteiger partial charge is 0.484 e. The predicted molar refractivity (Wildman–Crippen MR) is 162 cm³/mol. The number of carboxylic acids is 2. The van der Waals surface area contributed by atoms with Gasteiger partial charge in [-0.3, -0.25) is 9.59 Å². The summed E-state index contributed by atoms with van der Waals surface area (Å²) in [5, 5.41) is 24.6. The molecule has 0 radical (unpaired) electrons. The second kappa shape index (κ2) is 13.8. The van der Waals surface area contributed by atoms with E-state index in [1.54, 1.807) is 60.7 Å². The molecule has 42 heavy (non-hydrogen) atoms. The first-order valence-electron chi connectivity index (χ1n) is 12.2. The minimum atomic E-state index is -1.30. The van der Waals surface area contributed by atoms with Gasteiger partial charge in [0.1, 0.15) is 11.5 Å². The van der Waals surface area contributed by atoms with E-state index in [-0.39, 0.29) is 35.7 Å². The number of rotatable bonds is 11. The Balaban J connectivity index is 1.47. The molecule has 0 unspecified atom stereocenters. The normalized spacial score (nSPS) is 10.4. The van der Waals surface area contributed by atoms with Crippen LogP contribution >= 0.6 is 31.9 Å². The van der Waals surface area contributed by atoms with Crippen molar-refractivity contribution in [2.24, 2.45) is 0 Å². The fourth-order valence-corrected chi connectivity index (χ4v) is 4.28. The summed E-state index contributed by atoms with van der Waals surface area (Å²) in [5.41, 5.74) is 0.450. The van der Waals surface area contributed by atoms with Crippen LogP contribution in [-0.4, -0.2) is 47.2 Å². The molecule has 0 bridgehead atoms. The molecule has 214 valence electrons. The first kappa shape index (κ1) is 30.3. The van der Waals surface area contributed by atoms with Crippen molar-refractivity contribution >= 4 is 67.0 Å². The molecule has 4 aromatic carbocycles. The van der Waals surface area contributed by atoms with Crippen LogP contribution < -0.4 is 20.1 Å². The number of hydrogen-bond donors (Lipinski definition) is 4. The maximum atomic E-state index is 12.4. The van der Waals surface area contributed by atoms with E-state index in [9.17, 15) is 29.4 Å². The van der Waals surface area contributed by atoms with Gasteiger partial charge in [0.15, 0.2) is 13.2 Å². The summed E-state index contributed by atoms with van der Waals surface area (Å²) < 4.78 is 12.6. The van der Waals surface area contributed by atoms with Crippen molar-refractivity contribution in [2.45, 2.75) is 0 Å². The number of carbonyl (C=O) groups is 4. The fraction of sp³-hybridized carbons (Fsp3) is 0.0667. The number of benzene rings is 4. The van der Waals surface area contributed by atoms with E-state index < -0.39 is 23.8 Å². The number of anilines is 2.